The summed E-state index contributed by atoms with van der Waals surface area (Å²) in [5.41, 5.74) is 3.42. The normalized spacial score (nSPS) is 18.6. The lowest BCUT2D eigenvalue weighted by Crippen LogP contribution is -2.51. The Morgan fingerprint density at radius 3 is 2.56 bits per heavy atom. The molecule has 130 valence electrons. The highest BCUT2D eigenvalue weighted by molar-refractivity contribution is 5.46. The van der Waals surface area contributed by atoms with Crippen LogP contribution in [-0.2, 0) is 6.54 Å². The molecule has 3 nitrogen and oxygen atoms in total. The van der Waals surface area contributed by atoms with Gasteiger partial charge in [-0.2, -0.15) is 0 Å². The minimum Gasteiger partial charge on any atom is -0.396 e. The summed E-state index contributed by atoms with van der Waals surface area (Å²) in [6.07, 6.45) is 0.836. The minimum absolute atomic E-state index is 0.252. The van der Waals surface area contributed by atoms with Gasteiger partial charge in [-0.15, -0.1) is 0 Å². The second-order valence-electron chi connectivity index (χ2n) is 6.66. The van der Waals surface area contributed by atoms with Crippen LogP contribution in [0.25, 0.3) is 0 Å². The molecule has 0 aromatic heterocycles. The average molecular weight is 334 g/mol. The second kappa shape index (κ2) is 8.82. The largest absolute Gasteiger partial charge is 0.396 e. The molecule has 1 atom stereocenters. The third kappa shape index (κ3) is 4.93. The van der Waals surface area contributed by atoms with E-state index in [1.165, 1.54) is 5.56 Å². The molecule has 1 heterocycles. The molecule has 1 aliphatic rings. The monoisotopic (exact) mass is 334 g/mol. The van der Waals surface area contributed by atoms with Crippen LogP contribution in [0, 0.1) is 11.8 Å². The molecule has 1 N–H and O–H groups in total. The third-order valence-corrected chi connectivity index (χ3v) is 4.85. The molecular weight excluding hydrogens is 308 g/mol. The molecule has 3 heteroatoms. The Morgan fingerprint density at radius 1 is 1.00 bits per heavy atom. The van der Waals surface area contributed by atoms with Crippen LogP contribution in [0.4, 0.5) is 0 Å². The van der Waals surface area contributed by atoms with Gasteiger partial charge >= 0.3 is 0 Å². The van der Waals surface area contributed by atoms with Crippen molar-refractivity contribution < 1.29 is 5.11 Å². The molecule has 2 aromatic carbocycles. The Hall–Kier alpha value is -2.12. The first-order valence-corrected chi connectivity index (χ1v) is 8.94. The van der Waals surface area contributed by atoms with Gasteiger partial charge in [-0.3, -0.25) is 4.90 Å². The van der Waals surface area contributed by atoms with E-state index in [0.29, 0.717) is 6.04 Å². The topological polar surface area (TPSA) is 26.7 Å². The number of rotatable bonds is 4. The number of aliphatic hydroxyl groups is 1. The van der Waals surface area contributed by atoms with Crippen molar-refractivity contribution in [1.82, 2.24) is 9.80 Å². The zero-order chi connectivity index (χ0) is 17.5. The standard InChI is InChI=1S/C22H26N2O/c1-23-14-15-24(18-22(23)13-16-25)17-21-10-6-5-9-20(21)12-11-19-7-3-2-4-8-19/h2-10,22,25H,13-18H2,1H3/t22-/m0/s1. The minimum atomic E-state index is 0.252. The first-order chi connectivity index (χ1) is 12.3. The van der Waals surface area contributed by atoms with Crippen LogP contribution in [0.3, 0.4) is 0 Å². The molecule has 0 radical (unpaired) electrons. The summed E-state index contributed by atoms with van der Waals surface area (Å²) < 4.78 is 0. The van der Waals surface area contributed by atoms with Crippen molar-refractivity contribution in [2.45, 2.75) is 19.0 Å². The van der Waals surface area contributed by atoms with Gasteiger partial charge in [0, 0.05) is 50.0 Å². The lowest BCUT2D eigenvalue weighted by atomic mass is 10.0. The molecule has 0 bridgehead atoms. The predicted molar refractivity (Wildman–Crippen MR) is 102 cm³/mol. The Morgan fingerprint density at radius 2 is 1.76 bits per heavy atom. The van der Waals surface area contributed by atoms with Crippen LogP contribution < -0.4 is 0 Å². The maximum Gasteiger partial charge on any atom is 0.0446 e. The van der Waals surface area contributed by atoms with Crippen LogP contribution in [0.15, 0.2) is 54.6 Å². The van der Waals surface area contributed by atoms with E-state index >= 15 is 0 Å². The molecule has 2 aromatic rings. The van der Waals surface area contributed by atoms with Gasteiger partial charge in [-0.25, -0.2) is 0 Å². The molecule has 1 fully saturated rings. The van der Waals surface area contributed by atoms with Gasteiger partial charge < -0.3 is 10.0 Å². The molecule has 25 heavy (non-hydrogen) atoms. The van der Waals surface area contributed by atoms with Crippen LogP contribution in [-0.4, -0.2) is 54.2 Å². The van der Waals surface area contributed by atoms with Gasteiger partial charge in [0.1, 0.15) is 0 Å². The van der Waals surface area contributed by atoms with Crippen molar-refractivity contribution in [1.29, 1.82) is 0 Å². The van der Waals surface area contributed by atoms with Crippen molar-refractivity contribution in [3.05, 3.63) is 71.3 Å². The van der Waals surface area contributed by atoms with Gasteiger partial charge in [0.25, 0.3) is 0 Å². The van der Waals surface area contributed by atoms with Gasteiger partial charge in [-0.1, -0.05) is 48.2 Å². The summed E-state index contributed by atoms with van der Waals surface area (Å²) in [5, 5.41) is 9.27. The Kier molecular flexibility index (Phi) is 6.25. The van der Waals surface area contributed by atoms with Crippen molar-refractivity contribution >= 4 is 0 Å². The quantitative estimate of drug-likeness (QED) is 0.871. The fourth-order valence-electron chi connectivity index (χ4n) is 3.30. The van der Waals surface area contributed by atoms with E-state index in [2.05, 4.69) is 53.0 Å². The van der Waals surface area contributed by atoms with Gasteiger partial charge in [0.15, 0.2) is 0 Å². The second-order valence-corrected chi connectivity index (χ2v) is 6.66. The first kappa shape index (κ1) is 17.7. The highest BCUT2D eigenvalue weighted by Gasteiger charge is 2.24. The lowest BCUT2D eigenvalue weighted by molar-refractivity contribution is 0.0743. The fourth-order valence-corrected chi connectivity index (χ4v) is 3.30. The number of likely N-dealkylation sites (N-methyl/N-ethyl adjacent to an activating group) is 1. The van der Waals surface area contributed by atoms with Crippen molar-refractivity contribution in [3.63, 3.8) is 0 Å². The summed E-state index contributed by atoms with van der Waals surface area (Å²) in [7, 11) is 2.15. The summed E-state index contributed by atoms with van der Waals surface area (Å²) in [4.78, 5) is 4.83. The predicted octanol–water partition coefficient (Wildman–Crippen LogP) is 2.58. The van der Waals surface area contributed by atoms with E-state index in [0.717, 1.165) is 43.7 Å². The number of aliphatic hydroxyl groups excluding tert-OH is 1. The van der Waals surface area contributed by atoms with Crippen LogP contribution in [0.2, 0.25) is 0 Å². The van der Waals surface area contributed by atoms with E-state index in [1.54, 1.807) is 0 Å². The lowest BCUT2D eigenvalue weighted by Gasteiger charge is -2.39. The molecular formula is C22H26N2O. The van der Waals surface area contributed by atoms with Gasteiger partial charge in [0.2, 0.25) is 0 Å². The maximum atomic E-state index is 9.27. The van der Waals surface area contributed by atoms with E-state index in [1.807, 2.05) is 30.3 Å². The molecule has 0 saturated carbocycles. The van der Waals surface area contributed by atoms with E-state index in [9.17, 15) is 5.11 Å². The number of piperazine rings is 1. The summed E-state index contributed by atoms with van der Waals surface area (Å²) in [5.74, 6) is 6.60. The fraction of sp³-hybridized carbons (Fsp3) is 0.364. The molecule has 3 rings (SSSR count). The summed E-state index contributed by atoms with van der Waals surface area (Å²) in [6, 6.07) is 19.0. The number of benzene rings is 2. The zero-order valence-electron chi connectivity index (χ0n) is 14.9. The Labute approximate surface area is 150 Å². The first-order valence-electron chi connectivity index (χ1n) is 8.94. The van der Waals surface area contributed by atoms with Crippen molar-refractivity contribution in [2.24, 2.45) is 0 Å². The van der Waals surface area contributed by atoms with Crippen molar-refractivity contribution in [3.8, 4) is 11.8 Å². The summed E-state index contributed by atoms with van der Waals surface area (Å²) >= 11 is 0. The molecule has 0 amide bonds. The van der Waals surface area contributed by atoms with Gasteiger partial charge in [0.05, 0.1) is 0 Å². The van der Waals surface area contributed by atoms with E-state index in [-0.39, 0.29) is 6.61 Å². The van der Waals surface area contributed by atoms with Crippen LogP contribution in [0.5, 0.6) is 0 Å². The zero-order valence-corrected chi connectivity index (χ0v) is 14.9. The molecule has 1 saturated heterocycles. The summed E-state index contributed by atoms with van der Waals surface area (Å²) in [6.45, 7) is 4.26. The smallest absolute Gasteiger partial charge is 0.0446 e. The maximum absolute atomic E-state index is 9.27. The Balaban J connectivity index is 1.72. The van der Waals surface area contributed by atoms with Gasteiger partial charge in [-0.05, 0) is 37.2 Å². The molecule has 0 aliphatic carbocycles. The Bertz CT molecular complexity index is 732. The third-order valence-electron chi connectivity index (χ3n) is 4.85. The average Bonchev–Trinajstić information content (AvgIpc) is 2.65. The highest BCUT2D eigenvalue weighted by atomic mass is 16.3. The van der Waals surface area contributed by atoms with Crippen LogP contribution in [0.1, 0.15) is 23.1 Å². The molecule has 1 aliphatic heterocycles. The van der Waals surface area contributed by atoms with Crippen LogP contribution >= 0.6 is 0 Å². The molecule has 0 spiro atoms. The van der Waals surface area contributed by atoms with E-state index < -0.39 is 0 Å². The number of hydrogen-bond donors (Lipinski definition) is 1. The SMILES string of the molecule is CN1CCN(Cc2ccccc2C#Cc2ccccc2)C[C@@H]1CCO. The van der Waals surface area contributed by atoms with Crippen molar-refractivity contribution in [2.75, 3.05) is 33.3 Å². The van der Waals surface area contributed by atoms with E-state index in [4.69, 9.17) is 0 Å². The number of hydrogen-bond acceptors (Lipinski definition) is 3. The highest BCUT2D eigenvalue weighted by Crippen LogP contribution is 2.16. The number of nitrogens with zero attached hydrogens (tertiary/aromatic N) is 2. The molecule has 0 unspecified atom stereocenters.